The minimum atomic E-state index is -0.358. The summed E-state index contributed by atoms with van der Waals surface area (Å²) >= 11 is 0. The van der Waals surface area contributed by atoms with Crippen LogP contribution in [0.5, 0.6) is 0 Å². The molecule has 1 aromatic rings. The van der Waals surface area contributed by atoms with Gasteiger partial charge in [-0.15, -0.1) is 0 Å². The summed E-state index contributed by atoms with van der Waals surface area (Å²) in [5, 5.41) is 2.67. The van der Waals surface area contributed by atoms with E-state index in [1.807, 2.05) is 11.0 Å². The molecule has 2 atom stereocenters. The molecule has 1 amide bonds. The van der Waals surface area contributed by atoms with E-state index in [0.717, 1.165) is 18.7 Å². The van der Waals surface area contributed by atoms with Crippen LogP contribution in [0.3, 0.4) is 0 Å². The lowest BCUT2D eigenvalue weighted by Crippen LogP contribution is -2.46. The van der Waals surface area contributed by atoms with Crippen LogP contribution in [0.15, 0.2) is 18.2 Å². The van der Waals surface area contributed by atoms with E-state index in [1.54, 1.807) is 6.07 Å². The molecule has 4 heteroatoms. The van der Waals surface area contributed by atoms with Gasteiger partial charge in [-0.3, -0.25) is 4.79 Å². The molecule has 2 aliphatic rings. The topological polar surface area (TPSA) is 32.3 Å². The molecule has 0 bridgehead atoms. The summed E-state index contributed by atoms with van der Waals surface area (Å²) < 4.78 is 13.6. The average Bonchev–Trinajstić information content (AvgIpc) is 2.64. The van der Waals surface area contributed by atoms with E-state index in [4.69, 9.17) is 0 Å². The molecule has 1 fully saturated rings. The molecule has 84 valence electrons. The van der Waals surface area contributed by atoms with E-state index in [2.05, 4.69) is 12.2 Å². The lowest BCUT2D eigenvalue weighted by atomic mass is 10.00. The van der Waals surface area contributed by atoms with Crippen molar-refractivity contribution in [3.63, 3.8) is 0 Å². The molecule has 1 aromatic carbocycles. The van der Waals surface area contributed by atoms with Crippen LogP contribution in [-0.4, -0.2) is 18.5 Å². The highest BCUT2D eigenvalue weighted by molar-refractivity contribution is 6.04. The minimum Gasteiger partial charge on any atom is -0.358 e. The summed E-state index contributed by atoms with van der Waals surface area (Å²) in [7, 11) is 0. The third-order valence-electron chi connectivity index (χ3n) is 3.52. The van der Waals surface area contributed by atoms with Crippen LogP contribution in [0, 0.1) is 11.7 Å². The van der Waals surface area contributed by atoms with Gasteiger partial charge in [-0.1, -0.05) is 13.0 Å². The maximum absolute atomic E-state index is 13.6. The number of para-hydroxylation sites is 1. The van der Waals surface area contributed by atoms with Crippen LogP contribution in [-0.2, 0) is 4.79 Å². The summed E-state index contributed by atoms with van der Waals surface area (Å²) in [4.78, 5) is 13.9. The van der Waals surface area contributed by atoms with E-state index in [1.165, 1.54) is 6.07 Å². The second kappa shape index (κ2) is 3.20. The monoisotopic (exact) mass is 220 g/mol. The van der Waals surface area contributed by atoms with Gasteiger partial charge in [0.1, 0.15) is 17.5 Å². The molecule has 2 unspecified atom stereocenters. The number of carbonyl (C=O) groups excluding carboxylic acids is 1. The van der Waals surface area contributed by atoms with Gasteiger partial charge in [-0.2, -0.15) is 0 Å². The number of nitrogens with one attached hydrogen (secondary N) is 1. The first-order valence-corrected chi connectivity index (χ1v) is 5.54. The van der Waals surface area contributed by atoms with Crippen molar-refractivity contribution in [2.24, 2.45) is 5.92 Å². The number of benzene rings is 1. The van der Waals surface area contributed by atoms with E-state index in [0.29, 0.717) is 11.6 Å². The van der Waals surface area contributed by atoms with Crippen LogP contribution < -0.4 is 10.2 Å². The highest BCUT2D eigenvalue weighted by Crippen LogP contribution is 2.39. The summed E-state index contributed by atoms with van der Waals surface area (Å²) in [6.45, 7) is 2.89. The molecular weight excluding hydrogens is 207 g/mol. The number of carbonyl (C=O) groups is 1. The van der Waals surface area contributed by atoms with Crippen molar-refractivity contribution in [3.05, 3.63) is 24.0 Å². The van der Waals surface area contributed by atoms with Gasteiger partial charge in [0.2, 0.25) is 5.91 Å². The molecule has 0 spiro atoms. The lowest BCUT2D eigenvalue weighted by Gasteiger charge is -2.34. The van der Waals surface area contributed by atoms with Crippen LogP contribution in [0.1, 0.15) is 13.3 Å². The van der Waals surface area contributed by atoms with Crippen molar-refractivity contribution in [3.8, 4) is 0 Å². The first kappa shape index (κ1) is 9.63. The van der Waals surface area contributed by atoms with Gasteiger partial charge in [-0.25, -0.2) is 4.39 Å². The van der Waals surface area contributed by atoms with E-state index in [9.17, 15) is 9.18 Å². The Morgan fingerprint density at radius 2 is 2.31 bits per heavy atom. The van der Waals surface area contributed by atoms with Crippen molar-refractivity contribution in [1.29, 1.82) is 0 Å². The largest absolute Gasteiger partial charge is 0.358 e. The molecule has 1 saturated heterocycles. The number of nitrogens with zero attached hydrogens (tertiary/aromatic N) is 1. The normalized spacial score (nSPS) is 27.4. The van der Waals surface area contributed by atoms with Crippen molar-refractivity contribution >= 4 is 17.3 Å². The molecule has 2 aliphatic heterocycles. The summed E-state index contributed by atoms with van der Waals surface area (Å²) in [5.41, 5.74) is 1.15. The number of amides is 1. The van der Waals surface area contributed by atoms with E-state index in [-0.39, 0.29) is 17.8 Å². The van der Waals surface area contributed by atoms with Crippen molar-refractivity contribution in [2.45, 2.75) is 19.4 Å². The fourth-order valence-corrected chi connectivity index (χ4v) is 2.69. The fourth-order valence-electron chi connectivity index (χ4n) is 2.69. The van der Waals surface area contributed by atoms with Gasteiger partial charge in [0.15, 0.2) is 0 Å². The number of hydrogen-bond acceptors (Lipinski definition) is 2. The van der Waals surface area contributed by atoms with Crippen LogP contribution >= 0.6 is 0 Å². The van der Waals surface area contributed by atoms with Gasteiger partial charge < -0.3 is 10.2 Å². The zero-order chi connectivity index (χ0) is 11.3. The molecule has 3 rings (SSSR count). The molecular formula is C12H13FN2O. The third kappa shape index (κ3) is 1.16. The van der Waals surface area contributed by atoms with Gasteiger partial charge in [0, 0.05) is 6.54 Å². The Morgan fingerprint density at radius 3 is 3.12 bits per heavy atom. The molecule has 0 saturated carbocycles. The zero-order valence-electron chi connectivity index (χ0n) is 9.03. The number of anilines is 2. The summed E-state index contributed by atoms with van der Waals surface area (Å²) in [5.74, 6) is -0.108. The second-order valence-electron chi connectivity index (χ2n) is 4.53. The first-order chi connectivity index (χ1) is 7.68. The molecule has 2 heterocycles. The lowest BCUT2D eigenvalue weighted by molar-refractivity contribution is -0.118. The van der Waals surface area contributed by atoms with Crippen molar-refractivity contribution in [2.75, 3.05) is 16.8 Å². The Kier molecular flexibility index (Phi) is 1.93. The smallest absolute Gasteiger partial charge is 0.247 e. The number of hydrogen-bond donors (Lipinski definition) is 1. The molecule has 0 aliphatic carbocycles. The third-order valence-corrected chi connectivity index (χ3v) is 3.52. The zero-order valence-corrected chi connectivity index (χ0v) is 9.03. The van der Waals surface area contributed by atoms with E-state index >= 15 is 0 Å². The van der Waals surface area contributed by atoms with Crippen LogP contribution in [0.4, 0.5) is 15.8 Å². The highest BCUT2D eigenvalue weighted by atomic mass is 19.1. The average molecular weight is 220 g/mol. The number of halogens is 1. The van der Waals surface area contributed by atoms with Gasteiger partial charge in [0.05, 0.1) is 5.69 Å². The minimum absolute atomic E-state index is 0.0809. The van der Waals surface area contributed by atoms with Crippen LogP contribution in [0.2, 0.25) is 0 Å². The fraction of sp³-hybridized carbons (Fsp3) is 0.417. The molecule has 16 heavy (non-hydrogen) atoms. The van der Waals surface area contributed by atoms with Crippen LogP contribution in [0.25, 0.3) is 0 Å². The quantitative estimate of drug-likeness (QED) is 0.725. The predicted octanol–water partition coefficient (Wildman–Crippen LogP) is 1.99. The number of rotatable bonds is 0. The predicted molar refractivity (Wildman–Crippen MR) is 59.9 cm³/mol. The molecule has 3 nitrogen and oxygen atoms in total. The highest BCUT2D eigenvalue weighted by Gasteiger charge is 2.41. The standard InChI is InChI=1S/C12H13FN2O/c1-7-5-6-15-9-4-2-3-8(13)10(9)14-12(16)11(7)15/h2-4,7,11H,5-6H2,1H3,(H,14,16). The van der Waals surface area contributed by atoms with Gasteiger partial charge in [0.25, 0.3) is 0 Å². The summed E-state index contributed by atoms with van der Waals surface area (Å²) in [6, 6.07) is 4.79. The summed E-state index contributed by atoms with van der Waals surface area (Å²) in [6.07, 6.45) is 0.980. The Balaban J connectivity index is 2.13. The van der Waals surface area contributed by atoms with Crippen molar-refractivity contribution < 1.29 is 9.18 Å². The van der Waals surface area contributed by atoms with E-state index < -0.39 is 0 Å². The van der Waals surface area contributed by atoms with Crippen molar-refractivity contribution in [1.82, 2.24) is 0 Å². The number of fused-ring (bicyclic) bond motifs is 3. The Morgan fingerprint density at radius 1 is 1.50 bits per heavy atom. The molecule has 0 aromatic heterocycles. The van der Waals surface area contributed by atoms with Gasteiger partial charge >= 0.3 is 0 Å². The molecule has 0 radical (unpaired) electrons. The second-order valence-corrected chi connectivity index (χ2v) is 4.53. The van der Waals surface area contributed by atoms with Gasteiger partial charge in [-0.05, 0) is 24.5 Å². The Hall–Kier alpha value is -1.58. The maximum Gasteiger partial charge on any atom is 0.247 e. The Bertz CT molecular complexity index is 460. The first-order valence-electron chi connectivity index (χ1n) is 5.54. The molecule has 1 N–H and O–H groups in total. The SMILES string of the molecule is CC1CCN2c3cccc(F)c3NC(=O)C12. The maximum atomic E-state index is 13.6. The Labute approximate surface area is 93.2 Å².